The van der Waals surface area contributed by atoms with Gasteiger partial charge in [0.25, 0.3) is 0 Å². The van der Waals surface area contributed by atoms with Crippen molar-refractivity contribution in [1.29, 1.82) is 0 Å². The molecule has 0 aliphatic heterocycles. The van der Waals surface area contributed by atoms with Gasteiger partial charge in [0.2, 0.25) is 0 Å². The largest absolute Gasteiger partial charge is 0.346 e. The van der Waals surface area contributed by atoms with Gasteiger partial charge in [-0.3, -0.25) is 0 Å². The first-order chi connectivity index (χ1) is 7.69. The smallest absolute Gasteiger partial charge is 0.0330 e. The summed E-state index contributed by atoms with van der Waals surface area (Å²) in [6.07, 6.45) is 6.05. The Hall–Kier alpha value is -0.760. The average Bonchev–Trinajstić information content (AvgIpc) is 2.60. The summed E-state index contributed by atoms with van der Waals surface area (Å²) >= 11 is 0. The molecule has 16 heavy (non-hydrogen) atoms. The lowest BCUT2D eigenvalue weighted by atomic mass is 9.93. The van der Waals surface area contributed by atoms with Crippen LogP contribution < -0.4 is 5.73 Å². The highest BCUT2D eigenvalue weighted by Gasteiger charge is 2.24. The van der Waals surface area contributed by atoms with Gasteiger partial charge in [-0.15, -0.1) is 0 Å². The van der Waals surface area contributed by atoms with Crippen molar-refractivity contribution in [1.82, 2.24) is 4.57 Å². The molecule has 2 heteroatoms. The third-order valence-corrected chi connectivity index (χ3v) is 4.00. The van der Waals surface area contributed by atoms with Gasteiger partial charge >= 0.3 is 0 Å². The molecule has 0 amide bonds. The number of aryl methyl sites for hydroxylation is 1. The van der Waals surface area contributed by atoms with Crippen LogP contribution in [0.5, 0.6) is 0 Å². The van der Waals surface area contributed by atoms with Crippen LogP contribution in [0.3, 0.4) is 0 Å². The van der Waals surface area contributed by atoms with Crippen molar-refractivity contribution in [3.8, 4) is 0 Å². The molecule has 0 fully saturated rings. The lowest BCUT2D eigenvalue weighted by molar-refractivity contribution is 0.436. The molecule has 0 bridgehead atoms. The van der Waals surface area contributed by atoms with E-state index in [4.69, 9.17) is 5.73 Å². The minimum absolute atomic E-state index is 0.276. The molecule has 90 valence electrons. The van der Waals surface area contributed by atoms with Gasteiger partial charge < -0.3 is 10.3 Å². The first kappa shape index (κ1) is 11.7. The van der Waals surface area contributed by atoms with Crippen LogP contribution >= 0.6 is 0 Å². The molecule has 0 spiro atoms. The maximum atomic E-state index is 6.20. The van der Waals surface area contributed by atoms with Gasteiger partial charge in [0.05, 0.1) is 0 Å². The van der Waals surface area contributed by atoms with Crippen molar-refractivity contribution >= 4 is 0 Å². The third-order valence-electron chi connectivity index (χ3n) is 4.00. The summed E-state index contributed by atoms with van der Waals surface area (Å²) in [6.45, 7) is 6.79. The second kappa shape index (κ2) is 4.62. The van der Waals surface area contributed by atoms with Crippen molar-refractivity contribution in [2.75, 3.05) is 0 Å². The topological polar surface area (TPSA) is 30.9 Å². The lowest BCUT2D eigenvalue weighted by Gasteiger charge is -2.25. The van der Waals surface area contributed by atoms with Crippen LogP contribution in [0.4, 0.5) is 0 Å². The van der Waals surface area contributed by atoms with Crippen molar-refractivity contribution in [2.45, 2.75) is 65.0 Å². The predicted molar refractivity (Wildman–Crippen MR) is 68.7 cm³/mol. The first-order valence-electron chi connectivity index (χ1n) is 6.65. The van der Waals surface area contributed by atoms with Crippen molar-refractivity contribution < 1.29 is 0 Å². The number of aromatic nitrogens is 1. The van der Waals surface area contributed by atoms with E-state index in [1.807, 2.05) is 0 Å². The van der Waals surface area contributed by atoms with E-state index in [9.17, 15) is 0 Å². The fourth-order valence-electron chi connectivity index (χ4n) is 3.12. The van der Waals surface area contributed by atoms with Gasteiger partial charge in [0, 0.05) is 23.5 Å². The van der Waals surface area contributed by atoms with Crippen LogP contribution in [0.25, 0.3) is 0 Å². The molecule has 0 saturated carbocycles. The molecule has 1 atom stereocenters. The molecule has 1 aromatic rings. The molecule has 2 N–H and O–H groups in total. The molecule has 1 aliphatic rings. The van der Waals surface area contributed by atoms with Gasteiger partial charge in [-0.1, -0.05) is 13.8 Å². The van der Waals surface area contributed by atoms with E-state index in [1.165, 1.54) is 42.6 Å². The number of fused-ring (bicyclic) bond motifs is 1. The zero-order valence-electron chi connectivity index (χ0n) is 10.8. The van der Waals surface area contributed by atoms with E-state index in [-0.39, 0.29) is 6.04 Å². The average molecular weight is 220 g/mol. The maximum Gasteiger partial charge on any atom is 0.0330 e. The molecule has 2 nitrogen and oxygen atoms in total. The summed E-state index contributed by atoms with van der Waals surface area (Å²) in [5, 5.41) is 0. The zero-order valence-corrected chi connectivity index (χ0v) is 10.8. The second-order valence-corrected chi connectivity index (χ2v) is 5.03. The molecule has 0 saturated heterocycles. The SMILES string of the molecule is CCC(CC)n1c(C)cc2c1CCCC2N. The van der Waals surface area contributed by atoms with Crippen LogP contribution in [0.1, 0.15) is 68.6 Å². The van der Waals surface area contributed by atoms with E-state index in [0.29, 0.717) is 6.04 Å². The minimum Gasteiger partial charge on any atom is -0.346 e. The number of rotatable bonds is 3. The Morgan fingerprint density at radius 3 is 2.75 bits per heavy atom. The summed E-state index contributed by atoms with van der Waals surface area (Å²) < 4.78 is 2.55. The Labute approximate surface area is 98.8 Å². The van der Waals surface area contributed by atoms with E-state index in [0.717, 1.165) is 6.42 Å². The fraction of sp³-hybridized carbons (Fsp3) is 0.714. The monoisotopic (exact) mass is 220 g/mol. The van der Waals surface area contributed by atoms with Gasteiger partial charge in [0.1, 0.15) is 0 Å². The number of hydrogen-bond acceptors (Lipinski definition) is 1. The van der Waals surface area contributed by atoms with Crippen molar-refractivity contribution in [2.24, 2.45) is 5.73 Å². The summed E-state index contributed by atoms with van der Waals surface area (Å²) in [5.74, 6) is 0. The molecule has 1 unspecified atom stereocenters. The number of nitrogens with two attached hydrogens (primary N) is 1. The Kier molecular flexibility index (Phi) is 3.38. The molecule has 2 rings (SSSR count). The highest BCUT2D eigenvalue weighted by atomic mass is 15.0. The van der Waals surface area contributed by atoms with Gasteiger partial charge in [-0.05, 0) is 50.7 Å². The Balaban J connectivity index is 2.45. The number of hydrogen-bond donors (Lipinski definition) is 1. The number of nitrogens with zero attached hydrogens (tertiary/aromatic N) is 1. The molecule has 0 aromatic carbocycles. The third kappa shape index (κ3) is 1.80. The molecule has 1 aliphatic carbocycles. The molecule has 1 heterocycles. The predicted octanol–water partition coefficient (Wildman–Crippen LogP) is 3.49. The van der Waals surface area contributed by atoms with Crippen molar-refractivity contribution in [3.05, 3.63) is 23.0 Å². The second-order valence-electron chi connectivity index (χ2n) is 5.03. The van der Waals surface area contributed by atoms with Crippen molar-refractivity contribution in [3.63, 3.8) is 0 Å². The Morgan fingerprint density at radius 2 is 2.12 bits per heavy atom. The lowest BCUT2D eigenvalue weighted by Crippen LogP contribution is -2.20. The van der Waals surface area contributed by atoms with E-state index >= 15 is 0 Å². The highest BCUT2D eigenvalue weighted by Crippen LogP contribution is 2.34. The molecular formula is C14H24N2. The van der Waals surface area contributed by atoms with Crippen LogP contribution in [0.15, 0.2) is 6.07 Å². The molecule has 1 aromatic heterocycles. The normalized spacial score (nSPS) is 20.2. The first-order valence-corrected chi connectivity index (χ1v) is 6.65. The summed E-state index contributed by atoms with van der Waals surface area (Å²) in [7, 11) is 0. The van der Waals surface area contributed by atoms with E-state index < -0.39 is 0 Å². The highest BCUT2D eigenvalue weighted by molar-refractivity contribution is 5.33. The molecular weight excluding hydrogens is 196 g/mol. The fourth-order valence-corrected chi connectivity index (χ4v) is 3.12. The van der Waals surface area contributed by atoms with Crippen LogP contribution in [0.2, 0.25) is 0 Å². The van der Waals surface area contributed by atoms with Gasteiger partial charge in [0.15, 0.2) is 0 Å². The maximum absolute atomic E-state index is 6.20. The van der Waals surface area contributed by atoms with E-state index in [2.05, 4.69) is 31.4 Å². The summed E-state index contributed by atoms with van der Waals surface area (Å²) in [6, 6.07) is 3.25. The van der Waals surface area contributed by atoms with Gasteiger partial charge in [-0.25, -0.2) is 0 Å². The quantitative estimate of drug-likeness (QED) is 0.830. The summed E-state index contributed by atoms with van der Waals surface area (Å²) in [5.41, 5.74) is 10.5. The van der Waals surface area contributed by atoms with Crippen LogP contribution in [-0.4, -0.2) is 4.57 Å². The standard InChI is InChI=1S/C14H24N2/c1-4-11(5-2)16-10(3)9-12-13(15)7-6-8-14(12)16/h9,11,13H,4-8,15H2,1-3H3. The zero-order chi connectivity index (χ0) is 11.7. The van der Waals surface area contributed by atoms with Crippen LogP contribution in [0, 0.1) is 6.92 Å². The van der Waals surface area contributed by atoms with E-state index in [1.54, 1.807) is 0 Å². The van der Waals surface area contributed by atoms with Crippen LogP contribution in [-0.2, 0) is 6.42 Å². The minimum atomic E-state index is 0.276. The Bertz CT molecular complexity index is 361. The summed E-state index contributed by atoms with van der Waals surface area (Å²) in [4.78, 5) is 0. The molecule has 0 radical (unpaired) electrons. The Morgan fingerprint density at radius 1 is 1.44 bits per heavy atom. The van der Waals surface area contributed by atoms with Gasteiger partial charge in [-0.2, -0.15) is 0 Å².